The van der Waals surface area contributed by atoms with Gasteiger partial charge in [0.25, 0.3) is 0 Å². The van der Waals surface area contributed by atoms with E-state index in [0.717, 1.165) is 18.1 Å². The minimum Gasteiger partial charge on any atom is -0.343 e. The Morgan fingerprint density at radius 2 is 1.86 bits per heavy atom. The van der Waals surface area contributed by atoms with Gasteiger partial charge in [-0.05, 0) is 6.42 Å². The summed E-state index contributed by atoms with van der Waals surface area (Å²) in [5.41, 5.74) is 0. The largest absolute Gasteiger partial charge is 0.343 e. The highest BCUT2D eigenvalue weighted by molar-refractivity contribution is 4.81. The quantitative estimate of drug-likeness (QED) is 0.572. The molecule has 4 atom stereocenters. The molecule has 0 aliphatic carbocycles. The molecule has 2 bridgehead atoms. The van der Waals surface area contributed by atoms with Gasteiger partial charge in [-0.3, -0.25) is 0 Å². The lowest BCUT2D eigenvalue weighted by Crippen LogP contribution is -3.17. The van der Waals surface area contributed by atoms with Gasteiger partial charge in [-0.2, -0.15) is 0 Å². The van der Waals surface area contributed by atoms with Crippen LogP contribution in [0.1, 0.15) is 45.4 Å². The molecule has 0 radical (unpaired) electrons. The zero-order valence-electron chi connectivity index (χ0n) is 9.76. The summed E-state index contributed by atoms with van der Waals surface area (Å²) in [7, 11) is 2.41. The van der Waals surface area contributed by atoms with Crippen LogP contribution in [0.5, 0.6) is 0 Å². The number of unbranched alkanes of at least 4 members (excludes halogenated alkanes) is 1. The maximum absolute atomic E-state index is 2.63. The second-order valence-corrected chi connectivity index (χ2v) is 5.32. The van der Waals surface area contributed by atoms with Crippen LogP contribution in [0.2, 0.25) is 0 Å². The Morgan fingerprint density at radius 3 is 2.43 bits per heavy atom. The van der Waals surface area contributed by atoms with Crippen molar-refractivity contribution in [3.8, 4) is 0 Å². The number of hydrogen-bond donors (Lipinski definition) is 2. The first kappa shape index (κ1) is 10.4. The number of rotatable bonds is 4. The second kappa shape index (κ2) is 4.63. The molecule has 2 nitrogen and oxygen atoms in total. The number of nitrogens with two attached hydrogens (primary N) is 1. The zero-order chi connectivity index (χ0) is 9.97. The molecule has 0 aromatic rings. The molecular weight excluding hydrogens is 172 g/mol. The Labute approximate surface area is 88.1 Å². The summed E-state index contributed by atoms with van der Waals surface area (Å²) in [6.07, 6.45) is 8.69. The second-order valence-electron chi connectivity index (χ2n) is 5.32. The Hall–Kier alpha value is -0.0800. The first-order chi connectivity index (χ1) is 6.81. The van der Waals surface area contributed by atoms with Gasteiger partial charge in [0.05, 0.1) is 44.6 Å². The van der Waals surface area contributed by atoms with Crippen molar-refractivity contribution in [1.29, 1.82) is 0 Å². The molecule has 3 N–H and O–H groups in total. The van der Waals surface area contributed by atoms with Crippen molar-refractivity contribution in [2.45, 2.75) is 63.6 Å². The van der Waals surface area contributed by atoms with E-state index in [1.54, 1.807) is 0 Å². The van der Waals surface area contributed by atoms with E-state index in [9.17, 15) is 0 Å². The van der Waals surface area contributed by atoms with Gasteiger partial charge in [0.1, 0.15) is 0 Å². The predicted molar refractivity (Wildman–Crippen MR) is 58.4 cm³/mol. The summed E-state index contributed by atoms with van der Waals surface area (Å²) < 4.78 is 0. The SMILES string of the molecule is CCCC[NH2+]C1C[C@H]2CC[C@@H](C1)[NH+]2C. The van der Waals surface area contributed by atoms with E-state index >= 15 is 0 Å². The summed E-state index contributed by atoms with van der Waals surface area (Å²) >= 11 is 0. The molecule has 2 saturated heterocycles. The third-order valence-corrected chi connectivity index (χ3v) is 4.38. The van der Waals surface area contributed by atoms with Crippen LogP contribution in [-0.2, 0) is 0 Å². The Morgan fingerprint density at radius 1 is 1.21 bits per heavy atom. The van der Waals surface area contributed by atoms with Gasteiger partial charge in [0.15, 0.2) is 0 Å². The average Bonchev–Trinajstić information content (AvgIpc) is 2.41. The number of nitrogens with one attached hydrogen (secondary N) is 1. The average molecular weight is 198 g/mol. The summed E-state index contributed by atoms with van der Waals surface area (Å²) in [6.45, 7) is 3.65. The molecule has 0 amide bonds. The van der Waals surface area contributed by atoms with Crippen LogP contribution < -0.4 is 10.2 Å². The third-order valence-electron chi connectivity index (χ3n) is 4.38. The van der Waals surface area contributed by atoms with Crippen molar-refractivity contribution in [2.24, 2.45) is 0 Å². The van der Waals surface area contributed by atoms with Crippen LogP contribution in [0.25, 0.3) is 0 Å². The van der Waals surface area contributed by atoms with Crippen LogP contribution in [0.4, 0.5) is 0 Å². The lowest BCUT2D eigenvalue weighted by Gasteiger charge is -2.32. The molecular formula is C12H26N2+2. The zero-order valence-corrected chi connectivity index (χ0v) is 9.76. The first-order valence-corrected chi connectivity index (χ1v) is 6.48. The van der Waals surface area contributed by atoms with Gasteiger partial charge in [-0.25, -0.2) is 0 Å². The smallest absolute Gasteiger partial charge is 0.0973 e. The van der Waals surface area contributed by atoms with Crippen LogP contribution in [-0.4, -0.2) is 31.7 Å². The monoisotopic (exact) mass is 198 g/mol. The van der Waals surface area contributed by atoms with Crippen LogP contribution in [0.3, 0.4) is 0 Å². The maximum Gasteiger partial charge on any atom is 0.0973 e. The van der Waals surface area contributed by atoms with Crippen LogP contribution in [0, 0.1) is 0 Å². The van der Waals surface area contributed by atoms with Crippen molar-refractivity contribution >= 4 is 0 Å². The molecule has 2 aliphatic rings. The molecule has 0 aromatic heterocycles. The van der Waals surface area contributed by atoms with E-state index in [1.807, 2.05) is 4.90 Å². The normalized spacial score (nSPS) is 41.6. The van der Waals surface area contributed by atoms with Gasteiger partial charge in [-0.15, -0.1) is 0 Å². The fraction of sp³-hybridized carbons (Fsp3) is 1.00. The number of quaternary nitrogens is 2. The molecule has 2 heteroatoms. The molecule has 0 spiro atoms. The van der Waals surface area contributed by atoms with Crippen molar-refractivity contribution in [2.75, 3.05) is 13.6 Å². The number of fused-ring (bicyclic) bond motifs is 2. The Bertz CT molecular complexity index is 167. The molecule has 14 heavy (non-hydrogen) atoms. The molecule has 2 aliphatic heterocycles. The standard InChI is InChI=1S/C12H24N2/c1-3-4-7-13-10-8-11-5-6-12(9-10)14(11)2/h10-13H,3-9H2,1-2H3/p+2/t10?,11-,12+. The Balaban J connectivity index is 1.76. The maximum atomic E-state index is 2.63. The minimum atomic E-state index is 0.961. The van der Waals surface area contributed by atoms with Crippen LogP contribution in [0.15, 0.2) is 0 Å². The molecule has 2 unspecified atom stereocenters. The van der Waals surface area contributed by atoms with E-state index in [4.69, 9.17) is 0 Å². The lowest BCUT2D eigenvalue weighted by atomic mass is 9.98. The van der Waals surface area contributed by atoms with Crippen LogP contribution >= 0.6 is 0 Å². The highest BCUT2D eigenvalue weighted by Crippen LogP contribution is 2.20. The van der Waals surface area contributed by atoms with E-state index in [-0.39, 0.29) is 0 Å². The summed E-state index contributed by atoms with van der Waals surface area (Å²) in [4.78, 5) is 1.84. The molecule has 0 aromatic carbocycles. The third kappa shape index (κ3) is 2.12. The van der Waals surface area contributed by atoms with E-state index in [0.29, 0.717) is 0 Å². The van der Waals surface area contributed by atoms with Gasteiger partial charge >= 0.3 is 0 Å². The minimum absolute atomic E-state index is 0.961. The summed E-state index contributed by atoms with van der Waals surface area (Å²) in [5.74, 6) is 0. The fourth-order valence-electron chi connectivity index (χ4n) is 3.38. The van der Waals surface area contributed by atoms with E-state index in [1.165, 1.54) is 45.1 Å². The summed E-state index contributed by atoms with van der Waals surface area (Å²) in [6, 6.07) is 2.95. The fourth-order valence-corrected chi connectivity index (χ4v) is 3.38. The number of hydrogen-bond acceptors (Lipinski definition) is 0. The van der Waals surface area contributed by atoms with Crippen molar-refractivity contribution in [1.82, 2.24) is 0 Å². The highest BCUT2D eigenvalue weighted by Gasteiger charge is 2.43. The topological polar surface area (TPSA) is 21.1 Å². The van der Waals surface area contributed by atoms with E-state index < -0.39 is 0 Å². The van der Waals surface area contributed by atoms with Gasteiger partial charge in [0.2, 0.25) is 0 Å². The lowest BCUT2D eigenvalue weighted by molar-refractivity contribution is -0.930. The van der Waals surface area contributed by atoms with Gasteiger partial charge < -0.3 is 10.2 Å². The molecule has 82 valence electrons. The predicted octanol–water partition coefficient (Wildman–Crippen LogP) is -0.442. The van der Waals surface area contributed by atoms with Gasteiger partial charge in [0, 0.05) is 12.8 Å². The van der Waals surface area contributed by atoms with Crippen molar-refractivity contribution in [3.05, 3.63) is 0 Å². The summed E-state index contributed by atoms with van der Waals surface area (Å²) in [5, 5.41) is 2.63. The van der Waals surface area contributed by atoms with Crippen molar-refractivity contribution in [3.63, 3.8) is 0 Å². The highest BCUT2D eigenvalue weighted by atomic mass is 15.2. The van der Waals surface area contributed by atoms with E-state index in [2.05, 4.69) is 19.3 Å². The first-order valence-electron chi connectivity index (χ1n) is 6.48. The van der Waals surface area contributed by atoms with Gasteiger partial charge in [-0.1, -0.05) is 13.3 Å². The molecule has 0 saturated carbocycles. The molecule has 2 rings (SSSR count). The Kier molecular flexibility index (Phi) is 3.45. The molecule has 2 heterocycles. The number of piperidine rings is 1. The molecule has 2 fully saturated rings. The van der Waals surface area contributed by atoms with Crippen molar-refractivity contribution < 1.29 is 10.2 Å².